The zero-order valence-corrected chi connectivity index (χ0v) is 18.5. The van der Waals surface area contributed by atoms with E-state index in [-0.39, 0.29) is 17.1 Å². The molecule has 0 atom stereocenters. The van der Waals surface area contributed by atoms with E-state index in [1.54, 1.807) is 24.4 Å². The zero-order chi connectivity index (χ0) is 24.4. The number of fused-ring (bicyclic) bond motifs is 2. The van der Waals surface area contributed by atoms with Gasteiger partial charge in [-0.3, -0.25) is 9.98 Å². The second kappa shape index (κ2) is 9.11. The highest BCUT2D eigenvalue weighted by Crippen LogP contribution is 2.32. The summed E-state index contributed by atoms with van der Waals surface area (Å²) in [7, 11) is 0. The standard InChI is InChI=1S/C29H20N2O4/c32-27-13-10-18-5-1-3-7-21(18)23(27)16-30-25-12-9-20(29(34)35)15-26(25)31-17-24-22-8-4-2-6-19(22)11-14-28(24)33/h1-17,32-33H,(H,34,35). The minimum absolute atomic E-state index is 0.0613. The van der Waals surface area contributed by atoms with Crippen LogP contribution in [0.15, 0.2) is 101 Å². The molecule has 0 aliphatic carbocycles. The Labute approximate surface area is 200 Å². The van der Waals surface area contributed by atoms with Crippen molar-refractivity contribution in [3.8, 4) is 11.5 Å². The molecule has 0 bridgehead atoms. The van der Waals surface area contributed by atoms with E-state index in [4.69, 9.17) is 0 Å². The van der Waals surface area contributed by atoms with Crippen molar-refractivity contribution in [3.63, 3.8) is 0 Å². The first kappa shape index (κ1) is 21.9. The predicted octanol–water partition coefficient (Wildman–Crippen LogP) is 6.60. The lowest BCUT2D eigenvalue weighted by molar-refractivity contribution is 0.0697. The van der Waals surface area contributed by atoms with Gasteiger partial charge in [-0.1, -0.05) is 60.7 Å². The van der Waals surface area contributed by atoms with E-state index >= 15 is 0 Å². The van der Waals surface area contributed by atoms with Gasteiger partial charge in [0.05, 0.1) is 16.9 Å². The number of phenolic OH excluding ortho intramolecular Hbond substituents is 2. The van der Waals surface area contributed by atoms with Gasteiger partial charge in [-0.2, -0.15) is 0 Å². The fourth-order valence-electron chi connectivity index (χ4n) is 3.98. The summed E-state index contributed by atoms with van der Waals surface area (Å²) in [5.74, 6) is -0.940. The van der Waals surface area contributed by atoms with Gasteiger partial charge in [-0.05, 0) is 51.9 Å². The Kier molecular flexibility index (Phi) is 5.69. The van der Waals surface area contributed by atoms with Crippen molar-refractivity contribution in [2.75, 3.05) is 0 Å². The van der Waals surface area contributed by atoms with Gasteiger partial charge in [0.15, 0.2) is 0 Å². The first-order valence-electron chi connectivity index (χ1n) is 10.9. The molecule has 0 saturated carbocycles. The van der Waals surface area contributed by atoms with E-state index in [1.807, 2.05) is 60.7 Å². The number of aromatic hydroxyl groups is 2. The third-order valence-electron chi connectivity index (χ3n) is 5.78. The van der Waals surface area contributed by atoms with Crippen molar-refractivity contribution in [3.05, 3.63) is 108 Å². The molecule has 35 heavy (non-hydrogen) atoms. The lowest BCUT2D eigenvalue weighted by Crippen LogP contribution is -1.95. The molecular weight excluding hydrogens is 440 g/mol. The van der Waals surface area contributed by atoms with E-state index in [9.17, 15) is 20.1 Å². The highest BCUT2D eigenvalue weighted by molar-refractivity contribution is 6.05. The van der Waals surface area contributed by atoms with Gasteiger partial charge in [0, 0.05) is 23.6 Å². The molecule has 0 amide bonds. The van der Waals surface area contributed by atoms with Gasteiger partial charge in [-0.15, -0.1) is 0 Å². The number of hydrogen-bond donors (Lipinski definition) is 3. The minimum Gasteiger partial charge on any atom is -0.507 e. The largest absolute Gasteiger partial charge is 0.507 e. The van der Waals surface area contributed by atoms with Crippen molar-refractivity contribution in [1.29, 1.82) is 0 Å². The number of carbonyl (C=O) groups is 1. The molecule has 170 valence electrons. The van der Waals surface area contributed by atoms with Crippen molar-refractivity contribution in [2.45, 2.75) is 0 Å². The molecule has 6 heteroatoms. The summed E-state index contributed by atoms with van der Waals surface area (Å²) in [6.07, 6.45) is 3.05. The molecule has 3 N–H and O–H groups in total. The third kappa shape index (κ3) is 4.32. The molecule has 0 aromatic heterocycles. The van der Waals surface area contributed by atoms with Crippen LogP contribution in [0, 0.1) is 0 Å². The van der Waals surface area contributed by atoms with Gasteiger partial charge in [0.25, 0.3) is 0 Å². The van der Waals surface area contributed by atoms with Crippen molar-refractivity contribution < 1.29 is 20.1 Å². The number of carboxylic acids is 1. The maximum Gasteiger partial charge on any atom is 0.335 e. The summed E-state index contributed by atoms with van der Waals surface area (Å²) in [6.45, 7) is 0. The number of carboxylic acid groups (broad SMARTS) is 1. The topological polar surface area (TPSA) is 102 Å². The second-order valence-electron chi connectivity index (χ2n) is 7.96. The first-order valence-corrected chi connectivity index (χ1v) is 10.9. The highest BCUT2D eigenvalue weighted by Gasteiger charge is 2.10. The number of benzene rings is 5. The molecule has 5 aromatic carbocycles. The number of rotatable bonds is 5. The normalized spacial score (nSPS) is 11.7. The van der Waals surface area contributed by atoms with Gasteiger partial charge in [-0.25, -0.2) is 4.79 Å². The number of aliphatic imine (C=N–C) groups is 2. The summed E-state index contributed by atoms with van der Waals surface area (Å²) in [5.41, 5.74) is 1.86. The summed E-state index contributed by atoms with van der Waals surface area (Å²) in [4.78, 5) is 20.6. The fraction of sp³-hybridized carbons (Fsp3) is 0. The summed E-state index contributed by atoms with van der Waals surface area (Å²) >= 11 is 0. The molecule has 0 spiro atoms. The summed E-state index contributed by atoms with van der Waals surface area (Å²) in [5, 5.41) is 33.9. The van der Waals surface area contributed by atoms with Crippen molar-refractivity contribution in [1.82, 2.24) is 0 Å². The molecule has 0 aliphatic rings. The van der Waals surface area contributed by atoms with Crippen LogP contribution in [0.2, 0.25) is 0 Å². The average molecular weight is 460 g/mol. The number of hydrogen-bond acceptors (Lipinski definition) is 5. The Morgan fingerprint density at radius 1 is 0.629 bits per heavy atom. The first-order chi connectivity index (χ1) is 17.0. The van der Waals surface area contributed by atoms with Crippen LogP contribution < -0.4 is 0 Å². The van der Waals surface area contributed by atoms with Gasteiger partial charge < -0.3 is 15.3 Å². The van der Waals surface area contributed by atoms with Gasteiger partial charge in [0.1, 0.15) is 11.5 Å². The van der Waals surface area contributed by atoms with E-state index in [2.05, 4.69) is 9.98 Å². The molecule has 5 rings (SSSR count). The molecular formula is C29H20N2O4. The van der Waals surface area contributed by atoms with Crippen LogP contribution >= 0.6 is 0 Å². The van der Waals surface area contributed by atoms with Gasteiger partial charge in [0.2, 0.25) is 0 Å². The number of phenols is 2. The van der Waals surface area contributed by atoms with Crippen LogP contribution in [-0.4, -0.2) is 33.7 Å². The Morgan fingerprint density at radius 3 is 1.69 bits per heavy atom. The highest BCUT2D eigenvalue weighted by atomic mass is 16.4. The predicted molar refractivity (Wildman–Crippen MR) is 139 cm³/mol. The molecule has 0 saturated heterocycles. The quantitative estimate of drug-likeness (QED) is 0.257. The zero-order valence-electron chi connectivity index (χ0n) is 18.5. The van der Waals surface area contributed by atoms with Crippen LogP contribution in [0.25, 0.3) is 21.5 Å². The lowest BCUT2D eigenvalue weighted by atomic mass is 10.0. The van der Waals surface area contributed by atoms with Crippen molar-refractivity contribution >= 4 is 51.3 Å². The van der Waals surface area contributed by atoms with E-state index in [0.29, 0.717) is 22.5 Å². The van der Waals surface area contributed by atoms with E-state index in [1.165, 1.54) is 18.3 Å². The van der Waals surface area contributed by atoms with Crippen LogP contribution in [0.5, 0.6) is 11.5 Å². The molecule has 0 unspecified atom stereocenters. The molecule has 0 aliphatic heterocycles. The Balaban J connectivity index is 1.61. The van der Waals surface area contributed by atoms with E-state index < -0.39 is 5.97 Å². The maximum atomic E-state index is 11.6. The molecule has 0 fully saturated rings. The smallest absolute Gasteiger partial charge is 0.335 e. The Morgan fingerprint density at radius 2 is 1.14 bits per heavy atom. The molecule has 0 radical (unpaired) electrons. The Hall–Kier alpha value is -4.97. The molecule has 6 nitrogen and oxygen atoms in total. The van der Waals surface area contributed by atoms with Crippen LogP contribution in [0.1, 0.15) is 21.5 Å². The summed E-state index contributed by atoms with van der Waals surface area (Å²) in [6, 6.07) is 26.5. The van der Waals surface area contributed by atoms with E-state index in [0.717, 1.165) is 21.5 Å². The number of aromatic carboxylic acids is 1. The van der Waals surface area contributed by atoms with Crippen LogP contribution in [0.3, 0.4) is 0 Å². The van der Waals surface area contributed by atoms with Crippen LogP contribution in [-0.2, 0) is 0 Å². The van der Waals surface area contributed by atoms with Crippen LogP contribution in [0.4, 0.5) is 11.4 Å². The summed E-state index contributed by atoms with van der Waals surface area (Å²) < 4.78 is 0. The third-order valence-corrected chi connectivity index (χ3v) is 5.78. The minimum atomic E-state index is -1.09. The monoisotopic (exact) mass is 460 g/mol. The SMILES string of the molecule is O=C(O)c1ccc(N=Cc2c(O)ccc3ccccc23)c(N=Cc2c(O)ccc3ccccc23)c1. The second-order valence-corrected chi connectivity index (χ2v) is 7.96. The van der Waals surface area contributed by atoms with Crippen molar-refractivity contribution in [2.24, 2.45) is 9.98 Å². The maximum absolute atomic E-state index is 11.6. The number of nitrogens with zero attached hydrogens (tertiary/aromatic N) is 2. The average Bonchev–Trinajstić information content (AvgIpc) is 2.88. The lowest BCUT2D eigenvalue weighted by Gasteiger charge is -2.07. The molecule has 0 heterocycles. The van der Waals surface area contributed by atoms with Gasteiger partial charge >= 0.3 is 5.97 Å². The molecule has 5 aromatic rings. The fourth-order valence-corrected chi connectivity index (χ4v) is 3.98. The Bertz CT molecular complexity index is 1650.